The molecule has 2 aromatic rings. The molecule has 2 atom stereocenters. The average molecular weight is 315 g/mol. The lowest BCUT2D eigenvalue weighted by molar-refractivity contribution is 0.0764. The van der Waals surface area contributed by atoms with Crippen molar-refractivity contribution in [1.29, 1.82) is 0 Å². The maximum atomic E-state index is 12.5. The fourth-order valence-electron chi connectivity index (χ4n) is 2.98. The van der Waals surface area contributed by atoms with Crippen LogP contribution in [0, 0.1) is 12.8 Å². The van der Waals surface area contributed by atoms with E-state index < -0.39 is 6.10 Å². The van der Waals surface area contributed by atoms with Gasteiger partial charge >= 0.3 is 0 Å². The summed E-state index contributed by atoms with van der Waals surface area (Å²) in [6, 6.07) is 9.00. The highest BCUT2D eigenvalue weighted by Gasteiger charge is 2.34. The number of aliphatic hydroxyl groups is 1. The molecule has 6 heteroatoms. The molecule has 0 spiro atoms. The lowest BCUT2D eigenvalue weighted by atomic mass is 10.0. The molecule has 1 aromatic heterocycles. The van der Waals surface area contributed by atoms with Crippen molar-refractivity contribution < 1.29 is 14.6 Å². The first-order chi connectivity index (χ1) is 11.1. The summed E-state index contributed by atoms with van der Waals surface area (Å²) in [6.07, 6.45) is 0.145. The number of amides is 1. The Kier molecular flexibility index (Phi) is 4.34. The minimum Gasteiger partial charge on any atom is -0.497 e. The van der Waals surface area contributed by atoms with Crippen LogP contribution in [0.1, 0.15) is 21.7 Å². The standard InChI is InChI=1S/C17H21N3O3/c1-11-7-14(19-18-11)8-13-9-20(10-16(13)21)17(22)12-3-5-15(23-2)6-4-12/h3-7,13,16,21H,8-10H2,1-2H3,(H,18,19)/t13-,16-/m1/s1. The molecule has 3 rings (SSSR count). The average Bonchev–Trinajstić information content (AvgIpc) is 3.13. The number of H-pyrrole nitrogens is 1. The summed E-state index contributed by atoms with van der Waals surface area (Å²) in [6.45, 7) is 2.85. The molecule has 0 unspecified atom stereocenters. The van der Waals surface area contributed by atoms with Crippen molar-refractivity contribution in [3.05, 3.63) is 47.3 Å². The summed E-state index contributed by atoms with van der Waals surface area (Å²) in [4.78, 5) is 14.3. The second-order valence-electron chi connectivity index (χ2n) is 6.01. The zero-order valence-corrected chi connectivity index (χ0v) is 13.3. The molecule has 1 saturated heterocycles. The number of likely N-dealkylation sites (tertiary alicyclic amines) is 1. The summed E-state index contributed by atoms with van der Waals surface area (Å²) in [5.74, 6) is 0.669. The number of aryl methyl sites for hydroxylation is 1. The molecule has 1 amide bonds. The van der Waals surface area contributed by atoms with Crippen LogP contribution in [0.3, 0.4) is 0 Å². The third-order valence-electron chi connectivity index (χ3n) is 4.26. The molecule has 2 heterocycles. The van der Waals surface area contributed by atoms with Gasteiger partial charge in [0.25, 0.3) is 5.91 Å². The molecule has 1 aliphatic rings. The van der Waals surface area contributed by atoms with Crippen LogP contribution in [0.15, 0.2) is 30.3 Å². The first kappa shape index (κ1) is 15.6. The van der Waals surface area contributed by atoms with Gasteiger partial charge in [0, 0.05) is 30.3 Å². The Morgan fingerprint density at radius 3 is 2.74 bits per heavy atom. The van der Waals surface area contributed by atoms with Crippen LogP contribution >= 0.6 is 0 Å². The van der Waals surface area contributed by atoms with Gasteiger partial charge in [-0.2, -0.15) is 5.10 Å². The maximum absolute atomic E-state index is 12.5. The second kappa shape index (κ2) is 6.42. The zero-order valence-electron chi connectivity index (χ0n) is 13.3. The lowest BCUT2D eigenvalue weighted by Crippen LogP contribution is -2.29. The molecule has 1 fully saturated rings. The molecule has 1 aromatic carbocycles. The molecule has 23 heavy (non-hydrogen) atoms. The number of carbonyl (C=O) groups is 1. The van der Waals surface area contributed by atoms with Gasteiger partial charge in [0.05, 0.1) is 18.9 Å². The van der Waals surface area contributed by atoms with Crippen molar-refractivity contribution in [1.82, 2.24) is 15.1 Å². The van der Waals surface area contributed by atoms with Crippen LogP contribution in [0.5, 0.6) is 5.75 Å². The van der Waals surface area contributed by atoms with Gasteiger partial charge in [-0.15, -0.1) is 0 Å². The van der Waals surface area contributed by atoms with E-state index in [4.69, 9.17) is 4.74 Å². The Morgan fingerprint density at radius 2 is 2.13 bits per heavy atom. The van der Waals surface area contributed by atoms with Gasteiger partial charge in [-0.05, 0) is 43.7 Å². The van der Waals surface area contributed by atoms with Crippen LogP contribution in [0.4, 0.5) is 0 Å². The number of rotatable bonds is 4. The Labute approximate surface area is 135 Å². The van der Waals surface area contributed by atoms with E-state index in [0.29, 0.717) is 25.1 Å². The topological polar surface area (TPSA) is 78.5 Å². The number of aliphatic hydroxyl groups excluding tert-OH is 1. The van der Waals surface area contributed by atoms with Crippen LogP contribution in [0.2, 0.25) is 0 Å². The molecule has 0 aliphatic carbocycles. The third kappa shape index (κ3) is 3.37. The van der Waals surface area contributed by atoms with Crippen LogP contribution in [0.25, 0.3) is 0 Å². The van der Waals surface area contributed by atoms with Gasteiger partial charge in [-0.3, -0.25) is 9.89 Å². The molecule has 2 N–H and O–H groups in total. The van der Waals surface area contributed by atoms with Gasteiger partial charge in [0.15, 0.2) is 0 Å². The minimum atomic E-state index is -0.519. The Bertz CT molecular complexity index is 681. The van der Waals surface area contributed by atoms with Crippen LogP contribution in [-0.4, -0.2) is 52.4 Å². The van der Waals surface area contributed by atoms with E-state index >= 15 is 0 Å². The van der Waals surface area contributed by atoms with Crippen molar-refractivity contribution in [2.24, 2.45) is 5.92 Å². The number of aromatic amines is 1. The molecule has 0 saturated carbocycles. The van der Waals surface area contributed by atoms with Gasteiger partial charge in [0.2, 0.25) is 0 Å². The van der Waals surface area contributed by atoms with Crippen molar-refractivity contribution >= 4 is 5.91 Å². The van der Waals surface area contributed by atoms with E-state index in [1.54, 1.807) is 36.3 Å². The number of nitrogens with zero attached hydrogens (tertiary/aromatic N) is 2. The normalized spacial score (nSPS) is 20.7. The summed E-state index contributed by atoms with van der Waals surface area (Å²) in [7, 11) is 1.59. The predicted octanol–water partition coefficient (Wildman–Crippen LogP) is 1.40. The quantitative estimate of drug-likeness (QED) is 0.894. The van der Waals surface area contributed by atoms with Crippen molar-refractivity contribution in [3.8, 4) is 5.75 Å². The number of hydrogen-bond acceptors (Lipinski definition) is 4. The summed E-state index contributed by atoms with van der Waals surface area (Å²) >= 11 is 0. The molecule has 0 radical (unpaired) electrons. The molecular formula is C17H21N3O3. The highest BCUT2D eigenvalue weighted by molar-refractivity contribution is 5.94. The van der Waals surface area contributed by atoms with Crippen LogP contribution in [-0.2, 0) is 6.42 Å². The van der Waals surface area contributed by atoms with Gasteiger partial charge in [-0.1, -0.05) is 0 Å². The summed E-state index contributed by atoms with van der Waals surface area (Å²) in [5, 5.41) is 17.4. The van der Waals surface area contributed by atoms with Crippen LogP contribution < -0.4 is 4.74 Å². The zero-order chi connectivity index (χ0) is 16.4. The number of aromatic nitrogens is 2. The minimum absolute atomic E-state index is 0.0138. The number of hydrogen-bond donors (Lipinski definition) is 2. The molecule has 0 bridgehead atoms. The van der Waals surface area contributed by atoms with E-state index in [0.717, 1.165) is 17.1 Å². The van der Waals surface area contributed by atoms with Gasteiger partial charge < -0.3 is 14.7 Å². The second-order valence-corrected chi connectivity index (χ2v) is 6.01. The van der Waals surface area contributed by atoms with Crippen molar-refractivity contribution in [2.45, 2.75) is 19.4 Å². The predicted molar refractivity (Wildman–Crippen MR) is 85.4 cm³/mol. The first-order valence-electron chi connectivity index (χ1n) is 7.69. The van der Waals surface area contributed by atoms with E-state index in [1.807, 2.05) is 13.0 Å². The number of nitrogens with one attached hydrogen (secondary N) is 1. The summed E-state index contributed by atoms with van der Waals surface area (Å²) < 4.78 is 5.10. The van der Waals surface area contributed by atoms with Gasteiger partial charge in [-0.25, -0.2) is 0 Å². The SMILES string of the molecule is COc1ccc(C(=O)N2C[C@@H](Cc3cc(C)[nH]n3)[C@H](O)C2)cc1. The highest BCUT2D eigenvalue weighted by atomic mass is 16.5. The maximum Gasteiger partial charge on any atom is 0.253 e. The number of β-amino-alcohol motifs (C(OH)–C–C–N with tert-alkyl or cyclic N) is 1. The molecule has 6 nitrogen and oxygen atoms in total. The van der Waals surface area contributed by atoms with Crippen molar-refractivity contribution in [3.63, 3.8) is 0 Å². The van der Waals surface area contributed by atoms with E-state index in [1.165, 1.54) is 0 Å². The van der Waals surface area contributed by atoms with E-state index in [-0.39, 0.29) is 11.8 Å². The largest absolute Gasteiger partial charge is 0.497 e. The first-order valence-corrected chi connectivity index (χ1v) is 7.69. The molecule has 1 aliphatic heterocycles. The van der Waals surface area contributed by atoms with Gasteiger partial charge in [0.1, 0.15) is 5.75 Å². The summed E-state index contributed by atoms with van der Waals surface area (Å²) in [5.41, 5.74) is 2.53. The van der Waals surface area contributed by atoms with E-state index in [2.05, 4.69) is 10.2 Å². The number of carbonyl (C=O) groups excluding carboxylic acids is 1. The lowest BCUT2D eigenvalue weighted by Gasteiger charge is -2.16. The fraction of sp³-hybridized carbons (Fsp3) is 0.412. The Morgan fingerprint density at radius 1 is 1.39 bits per heavy atom. The molecular weight excluding hydrogens is 294 g/mol. The number of methoxy groups -OCH3 is 1. The van der Waals surface area contributed by atoms with Crippen molar-refractivity contribution in [2.75, 3.05) is 20.2 Å². The smallest absolute Gasteiger partial charge is 0.253 e. The Balaban J connectivity index is 1.66. The molecule has 122 valence electrons. The fourth-order valence-corrected chi connectivity index (χ4v) is 2.98. The monoisotopic (exact) mass is 315 g/mol. The number of benzene rings is 1. The van der Waals surface area contributed by atoms with E-state index in [9.17, 15) is 9.90 Å². The highest BCUT2D eigenvalue weighted by Crippen LogP contribution is 2.23. The Hall–Kier alpha value is -2.34. The third-order valence-corrected chi connectivity index (χ3v) is 4.26. The number of ether oxygens (including phenoxy) is 1.